The molecular formula is C12H12F2N4S. The molecule has 0 atom stereocenters. The van der Waals surface area contributed by atoms with Gasteiger partial charge in [-0.05, 0) is 19.1 Å². The first-order valence-corrected chi connectivity index (χ1v) is 5.86. The molecule has 4 nitrogen and oxygen atoms in total. The fourth-order valence-electron chi connectivity index (χ4n) is 1.81. The van der Waals surface area contributed by atoms with Crippen molar-refractivity contribution in [2.45, 2.75) is 6.92 Å². The monoisotopic (exact) mass is 282 g/mol. The second-order valence-electron chi connectivity index (χ2n) is 4.05. The molecule has 0 saturated heterocycles. The van der Waals surface area contributed by atoms with Gasteiger partial charge in [-0.2, -0.15) is 5.10 Å². The predicted molar refractivity (Wildman–Crippen MR) is 73.5 cm³/mol. The summed E-state index contributed by atoms with van der Waals surface area (Å²) in [5.74, 6) is -1.29. The molecule has 0 bridgehead atoms. The fourth-order valence-corrected chi connectivity index (χ4v) is 2.05. The van der Waals surface area contributed by atoms with Crippen LogP contribution in [-0.4, -0.2) is 14.8 Å². The van der Waals surface area contributed by atoms with Gasteiger partial charge in [0.25, 0.3) is 0 Å². The van der Waals surface area contributed by atoms with Gasteiger partial charge in [0, 0.05) is 18.8 Å². The van der Waals surface area contributed by atoms with E-state index in [9.17, 15) is 8.78 Å². The van der Waals surface area contributed by atoms with Gasteiger partial charge in [0.2, 0.25) is 0 Å². The molecule has 0 aliphatic carbocycles. The number of hydrogen-bond acceptors (Lipinski definition) is 3. The molecule has 0 fully saturated rings. The molecule has 0 unspecified atom stereocenters. The lowest BCUT2D eigenvalue weighted by Crippen LogP contribution is -2.13. The molecule has 0 spiro atoms. The van der Waals surface area contributed by atoms with E-state index in [1.165, 1.54) is 6.07 Å². The number of aryl methyl sites for hydroxylation is 2. The van der Waals surface area contributed by atoms with Gasteiger partial charge >= 0.3 is 0 Å². The topological polar surface area (TPSA) is 55.9 Å². The maximum atomic E-state index is 13.2. The molecule has 3 N–H and O–H groups in total. The highest BCUT2D eigenvalue weighted by molar-refractivity contribution is 7.80. The Morgan fingerprint density at radius 1 is 1.37 bits per heavy atom. The van der Waals surface area contributed by atoms with E-state index < -0.39 is 11.6 Å². The molecule has 0 aliphatic rings. The molecule has 0 amide bonds. The van der Waals surface area contributed by atoms with Crippen molar-refractivity contribution in [3.8, 4) is 0 Å². The van der Waals surface area contributed by atoms with Gasteiger partial charge in [-0.25, -0.2) is 8.78 Å². The third-order valence-corrected chi connectivity index (χ3v) is 2.86. The molecule has 1 aromatic carbocycles. The minimum atomic E-state index is -0.930. The van der Waals surface area contributed by atoms with Gasteiger partial charge in [-0.15, -0.1) is 0 Å². The van der Waals surface area contributed by atoms with Crippen molar-refractivity contribution in [3.05, 3.63) is 41.1 Å². The minimum absolute atomic E-state index is 0.190. The first-order valence-electron chi connectivity index (χ1n) is 5.45. The third kappa shape index (κ3) is 2.55. The molecule has 0 saturated carbocycles. The van der Waals surface area contributed by atoms with Crippen LogP contribution in [0.15, 0.2) is 18.2 Å². The number of nitrogens with zero attached hydrogens (tertiary/aromatic N) is 2. The lowest BCUT2D eigenvalue weighted by atomic mass is 10.2. The van der Waals surface area contributed by atoms with E-state index >= 15 is 0 Å². The number of aromatic nitrogens is 2. The summed E-state index contributed by atoms with van der Waals surface area (Å²) in [6.07, 6.45) is 0. The van der Waals surface area contributed by atoms with Crippen LogP contribution in [0.3, 0.4) is 0 Å². The lowest BCUT2D eigenvalue weighted by molar-refractivity contribution is 0.509. The Labute approximate surface area is 114 Å². The Kier molecular flexibility index (Phi) is 3.48. The van der Waals surface area contributed by atoms with E-state index in [1.54, 1.807) is 18.7 Å². The highest BCUT2D eigenvalue weighted by Gasteiger charge is 2.16. The number of halogens is 2. The quantitative estimate of drug-likeness (QED) is 0.849. The summed E-state index contributed by atoms with van der Waals surface area (Å²) in [6.45, 7) is 1.77. The Morgan fingerprint density at radius 2 is 2.05 bits per heavy atom. The summed E-state index contributed by atoms with van der Waals surface area (Å²) in [5.41, 5.74) is 7.28. The molecule has 100 valence electrons. The van der Waals surface area contributed by atoms with Crippen LogP contribution >= 0.6 is 12.2 Å². The van der Waals surface area contributed by atoms with Crippen LogP contribution in [0.1, 0.15) is 11.3 Å². The maximum Gasteiger partial charge on any atom is 0.160 e. The number of hydrogen-bond donors (Lipinski definition) is 2. The molecule has 1 aromatic heterocycles. The van der Waals surface area contributed by atoms with E-state index in [4.69, 9.17) is 18.0 Å². The van der Waals surface area contributed by atoms with E-state index in [0.29, 0.717) is 22.8 Å². The Balaban J connectivity index is 2.43. The minimum Gasteiger partial charge on any atom is -0.389 e. The molecule has 2 aromatic rings. The molecule has 7 heteroatoms. The predicted octanol–water partition coefficient (Wildman–Crippen LogP) is 2.38. The van der Waals surface area contributed by atoms with Gasteiger partial charge in [-0.1, -0.05) is 12.2 Å². The summed E-state index contributed by atoms with van der Waals surface area (Å²) in [4.78, 5) is 0.190. The van der Waals surface area contributed by atoms with Crippen molar-refractivity contribution >= 4 is 28.7 Å². The molecule has 0 radical (unpaired) electrons. The zero-order valence-corrected chi connectivity index (χ0v) is 11.2. The second-order valence-corrected chi connectivity index (χ2v) is 4.49. The Bertz CT molecular complexity index is 651. The van der Waals surface area contributed by atoms with E-state index in [0.717, 1.165) is 12.1 Å². The smallest absolute Gasteiger partial charge is 0.160 e. The fraction of sp³-hybridized carbons (Fsp3) is 0.167. The number of benzene rings is 1. The first-order chi connectivity index (χ1) is 8.90. The van der Waals surface area contributed by atoms with E-state index in [-0.39, 0.29) is 4.99 Å². The first kappa shape index (κ1) is 13.4. The summed E-state index contributed by atoms with van der Waals surface area (Å²) in [6, 6.07) is 3.52. The van der Waals surface area contributed by atoms with Crippen molar-refractivity contribution in [1.82, 2.24) is 9.78 Å². The molecule has 0 aliphatic heterocycles. The summed E-state index contributed by atoms with van der Waals surface area (Å²) in [7, 11) is 1.71. The third-order valence-electron chi connectivity index (χ3n) is 2.65. The average molecular weight is 282 g/mol. The molecular weight excluding hydrogens is 270 g/mol. The Morgan fingerprint density at radius 3 is 2.63 bits per heavy atom. The van der Waals surface area contributed by atoms with Crippen LogP contribution in [0.25, 0.3) is 0 Å². The van der Waals surface area contributed by atoms with Crippen molar-refractivity contribution in [1.29, 1.82) is 0 Å². The van der Waals surface area contributed by atoms with Crippen LogP contribution in [0.2, 0.25) is 0 Å². The summed E-state index contributed by atoms with van der Waals surface area (Å²) >= 11 is 4.96. The van der Waals surface area contributed by atoms with E-state index in [2.05, 4.69) is 10.4 Å². The summed E-state index contributed by atoms with van der Waals surface area (Å²) < 4.78 is 27.6. The van der Waals surface area contributed by atoms with Crippen molar-refractivity contribution < 1.29 is 8.78 Å². The Hall–Kier alpha value is -2.02. The number of nitrogens with two attached hydrogens (primary N) is 1. The van der Waals surface area contributed by atoms with E-state index in [1.807, 2.05) is 0 Å². The molecule has 2 rings (SSSR count). The standard InChI is InChI=1S/C12H12F2N4S/c1-6-10(11(15)19)12(18(2)17-6)16-7-3-4-8(13)9(14)5-7/h3-5,16H,1-2H3,(H2,15,19). The number of rotatable bonds is 3. The normalized spacial score (nSPS) is 10.5. The van der Waals surface area contributed by atoms with Crippen LogP contribution in [0, 0.1) is 18.6 Å². The van der Waals surface area contributed by atoms with Gasteiger partial charge in [0.15, 0.2) is 11.6 Å². The van der Waals surface area contributed by atoms with Gasteiger partial charge in [0.05, 0.1) is 11.3 Å². The average Bonchev–Trinajstić information content (AvgIpc) is 2.59. The maximum absolute atomic E-state index is 13.2. The van der Waals surface area contributed by atoms with Gasteiger partial charge in [0.1, 0.15) is 10.8 Å². The highest BCUT2D eigenvalue weighted by atomic mass is 32.1. The zero-order valence-electron chi connectivity index (χ0n) is 10.4. The van der Waals surface area contributed by atoms with Crippen molar-refractivity contribution in [3.63, 3.8) is 0 Å². The highest BCUT2D eigenvalue weighted by Crippen LogP contribution is 2.24. The van der Waals surface area contributed by atoms with Crippen molar-refractivity contribution in [2.75, 3.05) is 5.32 Å². The van der Waals surface area contributed by atoms with Gasteiger partial charge in [-0.3, -0.25) is 4.68 Å². The van der Waals surface area contributed by atoms with Gasteiger partial charge < -0.3 is 11.1 Å². The molecule has 1 heterocycles. The number of nitrogens with one attached hydrogen (secondary N) is 1. The zero-order chi connectivity index (χ0) is 14.2. The lowest BCUT2D eigenvalue weighted by Gasteiger charge is -2.09. The van der Waals surface area contributed by atoms with Crippen LogP contribution in [0.4, 0.5) is 20.3 Å². The largest absolute Gasteiger partial charge is 0.389 e. The number of thiocarbonyl (C=S) groups is 1. The van der Waals surface area contributed by atoms with Crippen molar-refractivity contribution in [2.24, 2.45) is 12.8 Å². The number of anilines is 2. The van der Waals surface area contributed by atoms with Crippen LogP contribution in [-0.2, 0) is 7.05 Å². The second kappa shape index (κ2) is 4.93. The van der Waals surface area contributed by atoms with Crippen LogP contribution in [0.5, 0.6) is 0 Å². The SMILES string of the molecule is Cc1nn(C)c(Nc2ccc(F)c(F)c2)c1C(N)=S. The summed E-state index contributed by atoms with van der Waals surface area (Å²) in [5, 5.41) is 7.12. The van der Waals surface area contributed by atoms with Crippen LogP contribution < -0.4 is 11.1 Å². The molecule has 19 heavy (non-hydrogen) atoms.